The highest BCUT2D eigenvalue weighted by Crippen LogP contribution is 2.35. The second-order valence-corrected chi connectivity index (χ2v) is 6.80. The highest BCUT2D eigenvalue weighted by atomic mass is 16.2. The maximum atomic E-state index is 12.4. The summed E-state index contributed by atoms with van der Waals surface area (Å²) in [6, 6.07) is 10.3. The normalized spacial score (nSPS) is 21.6. The van der Waals surface area contributed by atoms with E-state index in [9.17, 15) is 9.59 Å². The third-order valence-corrected chi connectivity index (χ3v) is 5.35. The van der Waals surface area contributed by atoms with Gasteiger partial charge in [0.15, 0.2) is 0 Å². The van der Waals surface area contributed by atoms with Crippen LogP contribution in [0, 0.1) is 0 Å². The van der Waals surface area contributed by atoms with Crippen LogP contribution in [0.15, 0.2) is 30.3 Å². The van der Waals surface area contributed by atoms with Crippen molar-refractivity contribution in [3.8, 4) is 11.4 Å². The first-order valence-electron chi connectivity index (χ1n) is 8.76. The van der Waals surface area contributed by atoms with E-state index in [-0.39, 0.29) is 23.9 Å². The van der Waals surface area contributed by atoms with Crippen molar-refractivity contribution < 1.29 is 9.59 Å². The Morgan fingerprint density at radius 3 is 2.56 bits per heavy atom. The van der Waals surface area contributed by atoms with E-state index in [0.29, 0.717) is 18.7 Å². The molecule has 2 bridgehead atoms. The summed E-state index contributed by atoms with van der Waals surface area (Å²) in [5.41, 5.74) is 2.42. The highest BCUT2D eigenvalue weighted by Gasteiger charge is 2.40. The maximum Gasteiger partial charge on any atom is 0.271 e. The van der Waals surface area contributed by atoms with Gasteiger partial charge in [0.05, 0.1) is 11.7 Å². The summed E-state index contributed by atoms with van der Waals surface area (Å²) in [6.07, 6.45) is 2.67. The van der Waals surface area contributed by atoms with E-state index >= 15 is 0 Å². The number of hydrogen-bond donors (Lipinski definition) is 1. The minimum absolute atomic E-state index is 0.119. The van der Waals surface area contributed by atoms with Crippen LogP contribution in [-0.2, 0) is 17.8 Å². The van der Waals surface area contributed by atoms with E-state index in [1.54, 1.807) is 14.0 Å². The summed E-state index contributed by atoms with van der Waals surface area (Å²) in [7, 11) is 1.63. The fraction of sp³-hybridized carbons (Fsp3) is 0.421. The Morgan fingerprint density at radius 2 is 1.88 bits per heavy atom. The minimum atomic E-state index is -0.168. The molecule has 0 unspecified atom stereocenters. The molecule has 2 aliphatic heterocycles. The van der Waals surface area contributed by atoms with Gasteiger partial charge in [0.2, 0.25) is 5.91 Å². The summed E-state index contributed by atoms with van der Waals surface area (Å²) < 4.78 is 2.15. The van der Waals surface area contributed by atoms with Gasteiger partial charge in [-0.1, -0.05) is 30.3 Å². The summed E-state index contributed by atoms with van der Waals surface area (Å²) in [5, 5.41) is 2.70. The van der Waals surface area contributed by atoms with Gasteiger partial charge in [-0.2, -0.15) is 0 Å². The molecule has 2 aliphatic rings. The van der Waals surface area contributed by atoms with E-state index in [1.165, 1.54) is 0 Å². The molecule has 2 aromatic rings. The van der Waals surface area contributed by atoms with Crippen LogP contribution < -0.4 is 5.32 Å². The molecule has 1 aromatic heterocycles. The van der Waals surface area contributed by atoms with Crippen molar-refractivity contribution in [2.75, 3.05) is 7.05 Å². The van der Waals surface area contributed by atoms with Crippen LogP contribution in [0.3, 0.4) is 0 Å². The van der Waals surface area contributed by atoms with Crippen LogP contribution in [-0.4, -0.2) is 45.4 Å². The summed E-state index contributed by atoms with van der Waals surface area (Å²) in [5.74, 6) is 0.761. The van der Waals surface area contributed by atoms with Crippen molar-refractivity contribution in [2.24, 2.45) is 0 Å². The Bertz CT molecular complexity index is 827. The lowest BCUT2D eigenvalue weighted by atomic mass is 10.1. The van der Waals surface area contributed by atoms with Crippen molar-refractivity contribution in [2.45, 2.75) is 44.8 Å². The molecule has 0 saturated carbocycles. The zero-order chi connectivity index (χ0) is 17.6. The monoisotopic (exact) mass is 338 g/mol. The average Bonchev–Trinajstić information content (AvgIpc) is 3.11. The topological polar surface area (TPSA) is 67.2 Å². The van der Waals surface area contributed by atoms with Crippen molar-refractivity contribution in [3.63, 3.8) is 0 Å². The minimum Gasteiger partial charge on any atom is -0.354 e. The van der Waals surface area contributed by atoms with E-state index in [2.05, 4.69) is 14.9 Å². The van der Waals surface area contributed by atoms with Gasteiger partial charge in [-0.25, -0.2) is 4.98 Å². The van der Waals surface area contributed by atoms with Gasteiger partial charge in [-0.3, -0.25) is 9.59 Å². The predicted octanol–water partition coefficient (Wildman–Crippen LogP) is 1.85. The first kappa shape index (κ1) is 15.9. The quantitative estimate of drug-likeness (QED) is 0.909. The average molecular weight is 338 g/mol. The molecule has 2 atom stereocenters. The molecular formula is C19H22N4O2. The number of rotatable bonds is 2. The Kier molecular flexibility index (Phi) is 3.82. The number of fused-ring (bicyclic) bond motifs is 3. The number of hydrogen-bond acceptors (Lipinski definition) is 3. The Balaban J connectivity index is 1.86. The predicted molar refractivity (Wildman–Crippen MR) is 94.1 cm³/mol. The van der Waals surface area contributed by atoms with Gasteiger partial charge in [0.1, 0.15) is 11.5 Å². The zero-order valence-corrected chi connectivity index (χ0v) is 14.5. The first-order chi connectivity index (χ1) is 12.1. The van der Waals surface area contributed by atoms with Crippen molar-refractivity contribution in [1.82, 2.24) is 19.8 Å². The third kappa shape index (κ3) is 2.52. The van der Waals surface area contributed by atoms with Gasteiger partial charge in [-0.15, -0.1) is 0 Å². The Labute approximate surface area is 146 Å². The standard InChI is InChI=1S/C19H22N4O2/c1-12(24)23-14-8-9-15(23)11-22-16(10-14)17(19(25)20-2)21-18(22)13-6-4-3-5-7-13/h3-7,14-15H,8-11H2,1-2H3,(H,20,25)/t14-,15+/m0/s1. The molecule has 2 amide bonds. The van der Waals surface area contributed by atoms with Crippen LogP contribution in [0.1, 0.15) is 35.9 Å². The zero-order valence-electron chi connectivity index (χ0n) is 14.5. The number of aromatic nitrogens is 2. The fourth-order valence-corrected chi connectivity index (χ4v) is 4.29. The van der Waals surface area contributed by atoms with Gasteiger partial charge < -0.3 is 14.8 Å². The fourth-order valence-electron chi connectivity index (χ4n) is 4.29. The molecule has 0 aliphatic carbocycles. The smallest absolute Gasteiger partial charge is 0.271 e. The number of carbonyl (C=O) groups excluding carboxylic acids is 2. The van der Waals surface area contributed by atoms with E-state index in [4.69, 9.17) is 0 Å². The van der Waals surface area contributed by atoms with Crippen LogP contribution in [0.25, 0.3) is 11.4 Å². The van der Waals surface area contributed by atoms with Crippen molar-refractivity contribution >= 4 is 11.8 Å². The number of nitrogens with one attached hydrogen (secondary N) is 1. The lowest BCUT2D eigenvalue weighted by molar-refractivity contribution is -0.131. The van der Waals surface area contributed by atoms with E-state index < -0.39 is 0 Å². The summed E-state index contributed by atoms with van der Waals surface area (Å²) >= 11 is 0. The molecule has 6 heteroatoms. The van der Waals surface area contributed by atoms with E-state index in [0.717, 1.165) is 29.9 Å². The van der Waals surface area contributed by atoms with Gasteiger partial charge >= 0.3 is 0 Å². The molecule has 6 nitrogen and oxygen atoms in total. The molecule has 1 fully saturated rings. The number of amides is 2. The molecule has 0 spiro atoms. The first-order valence-corrected chi connectivity index (χ1v) is 8.76. The molecule has 1 aromatic carbocycles. The van der Waals surface area contributed by atoms with Gasteiger partial charge in [0, 0.05) is 38.5 Å². The van der Waals surface area contributed by atoms with Crippen LogP contribution >= 0.6 is 0 Å². The second kappa shape index (κ2) is 6.02. The van der Waals surface area contributed by atoms with Crippen LogP contribution in [0.2, 0.25) is 0 Å². The summed E-state index contributed by atoms with van der Waals surface area (Å²) in [6.45, 7) is 2.33. The third-order valence-electron chi connectivity index (χ3n) is 5.35. The summed E-state index contributed by atoms with van der Waals surface area (Å²) in [4.78, 5) is 31.2. The molecule has 1 saturated heterocycles. The number of carbonyl (C=O) groups is 2. The number of nitrogens with zero attached hydrogens (tertiary/aromatic N) is 3. The number of benzene rings is 1. The lowest BCUT2D eigenvalue weighted by Crippen LogP contribution is -2.40. The molecule has 1 N–H and O–H groups in total. The Hall–Kier alpha value is -2.63. The maximum absolute atomic E-state index is 12.4. The lowest BCUT2D eigenvalue weighted by Gasteiger charge is -2.26. The highest BCUT2D eigenvalue weighted by molar-refractivity contribution is 5.94. The second-order valence-electron chi connectivity index (χ2n) is 6.80. The van der Waals surface area contributed by atoms with Crippen molar-refractivity contribution in [1.29, 1.82) is 0 Å². The number of imidazole rings is 1. The largest absolute Gasteiger partial charge is 0.354 e. The van der Waals surface area contributed by atoms with Crippen molar-refractivity contribution in [3.05, 3.63) is 41.7 Å². The van der Waals surface area contributed by atoms with E-state index in [1.807, 2.05) is 35.2 Å². The Morgan fingerprint density at radius 1 is 1.16 bits per heavy atom. The van der Waals surface area contributed by atoms with Gasteiger partial charge in [-0.05, 0) is 12.8 Å². The SMILES string of the molecule is CNC(=O)c1nc(-c2ccccc2)n2c1C[C@@H]1CC[C@H](C2)N1C(C)=O. The van der Waals surface area contributed by atoms with Gasteiger partial charge in [0.25, 0.3) is 5.91 Å². The molecule has 25 heavy (non-hydrogen) atoms. The molecule has 4 rings (SSSR count). The molecule has 130 valence electrons. The van der Waals surface area contributed by atoms with Crippen LogP contribution in [0.4, 0.5) is 0 Å². The molecule has 3 heterocycles. The molecular weight excluding hydrogens is 316 g/mol. The molecule has 0 radical (unpaired) electrons. The van der Waals surface area contributed by atoms with Crippen LogP contribution in [0.5, 0.6) is 0 Å².